The maximum Gasteiger partial charge on any atom is 0.269 e. The van der Waals surface area contributed by atoms with E-state index in [1.54, 1.807) is 37.3 Å². The smallest absolute Gasteiger partial charge is 0.269 e. The highest BCUT2D eigenvalue weighted by atomic mass is 32.2. The molecule has 2 aromatic rings. The van der Waals surface area contributed by atoms with E-state index in [1.165, 1.54) is 26.4 Å². The van der Waals surface area contributed by atoms with Crippen LogP contribution in [0.15, 0.2) is 42.5 Å². The van der Waals surface area contributed by atoms with E-state index in [0.717, 1.165) is 10.6 Å². The van der Waals surface area contributed by atoms with E-state index >= 15 is 0 Å². The van der Waals surface area contributed by atoms with Crippen molar-refractivity contribution in [3.8, 4) is 11.5 Å². The molecule has 0 aliphatic heterocycles. The molecule has 0 radical (unpaired) electrons. The summed E-state index contributed by atoms with van der Waals surface area (Å²) in [5.41, 5.74) is 5.75. The molecule has 10 heteroatoms. The first-order chi connectivity index (χ1) is 13.7. The Balaban J connectivity index is 2.10. The standard InChI is InChI=1S/C19H23N3O6S/c1-13-7-5-6-8-17(13)22(29(4,25)26)12-18(23)20-21-19(24)14-9-15(27-2)11-16(10-14)28-3/h5-11H,12H2,1-4H3,(H,20,23)(H,21,24). The zero-order valence-electron chi connectivity index (χ0n) is 16.6. The van der Waals surface area contributed by atoms with Crippen molar-refractivity contribution in [1.29, 1.82) is 0 Å². The second-order valence-electron chi connectivity index (χ2n) is 6.16. The second kappa shape index (κ2) is 9.28. The maximum atomic E-state index is 12.3. The van der Waals surface area contributed by atoms with E-state index in [0.29, 0.717) is 22.7 Å². The third-order valence-corrected chi connectivity index (χ3v) is 5.13. The number of hydrazine groups is 1. The van der Waals surface area contributed by atoms with E-state index in [4.69, 9.17) is 9.47 Å². The van der Waals surface area contributed by atoms with Crippen LogP contribution < -0.4 is 24.6 Å². The van der Waals surface area contributed by atoms with Gasteiger partial charge in [-0.15, -0.1) is 0 Å². The van der Waals surface area contributed by atoms with Crippen LogP contribution in [0, 0.1) is 6.92 Å². The number of anilines is 1. The SMILES string of the molecule is COc1cc(OC)cc(C(=O)NNC(=O)CN(c2ccccc2C)S(C)(=O)=O)c1. The number of hydrogen-bond donors (Lipinski definition) is 2. The Hall–Kier alpha value is -3.27. The molecule has 0 atom stereocenters. The van der Waals surface area contributed by atoms with Gasteiger partial charge in [0.2, 0.25) is 10.0 Å². The number of nitrogens with one attached hydrogen (secondary N) is 2. The number of carbonyl (C=O) groups excluding carboxylic acids is 2. The van der Waals surface area contributed by atoms with Crippen LogP contribution >= 0.6 is 0 Å². The van der Waals surface area contributed by atoms with Gasteiger partial charge < -0.3 is 9.47 Å². The Morgan fingerprint density at radius 1 is 1.00 bits per heavy atom. The number of para-hydroxylation sites is 1. The number of amides is 2. The quantitative estimate of drug-likeness (QED) is 0.650. The molecule has 29 heavy (non-hydrogen) atoms. The van der Waals surface area contributed by atoms with Crippen LogP contribution in [-0.2, 0) is 14.8 Å². The lowest BCUT2D eigenvalue weighted by atomic mass is 10.2. The van der Waals surface area contributed by atoms with E-state index in [1.807, 2.05) is 0 Å². The number of sulfonamides is 1. The first kappa shape index (κ1) is 22.0. The largest absolute Gasteiger partial charge is 0.497 e. The lowest BCUT2D eigenvalue weighted by Crippen LogP contribution is -2.47. The summed E-state index contributed by atoms with van der Waals surface area (Å²) in [4.78, 5) is 24.6. The molecule has 9 nitrogen and oxygen atoms in total. The zero-order chi connectivity index (χ0) is 21.6. The van der Waals surface area contributed by atoms with Crippen molar-refractivity contribution >= 4 is 27.5 Å². The molecule has 0 saturated heterocycles. The molecule has 0 aromatic heterocycles. The number of rotatable bonds is 7. The average Bonchev–Trinajstić information content (AvgIpc) is 2.69. The van der Waals surface area contributed by atoms with Gasteiger partial charge in [-0.25, -0.2) is 8.42 Å². The van der Waals surface area contributed by atoms with Crippen LogP contribution in [0.4, 0.5) is 5.69 Å². The monoisotopic (exact) mass is 421 g/mol. The van der Waals surface area contributed by atoms with Crippen LogP contribution in [0.5, 0.6) is 11.5 Å². The third-order valence-electron chi connectivity index (χ3n) is 4.00. The van der Waals surface area contributed by atoms with Crippen molar-refractivity contribution in [2.24, 2.45) is 0 Å². The van der Waals surface area contributed by atoms with Crippen molar-refractivity contribution < 1.29 is 27.5 Å². The van der Waals surface area contributed by atoms with Gasteiger partial charge in [0, 0.05) is 11.6 Å². The van der Waals surface area contributed by atoms with Crippen molar-refractivity contribution in [3.05, 3.63) is 53.6 Å². The van der Waals surface area contributed by atoms with Crippen LogP contribution in [0.2, 0.25) is 0 Å². The summed E-state index contributed by atoms with van der Waals surface area (Å²) in [6.45, 7) is 1.24. The average molecular weight is 421 g/mol. The van der Waals surface area contributed by atoms with Gasteiger partial charge in [-0.1, -0.05) is 18.2 Å². The van der Waals surface area contributed by atoms with E-state index in [-0.39, 0.29) is 5.56 Å². The zero-order valence-corrected chi connectivity index (χ0v) is 17.4. The minimum atomic E-state index is -3.72. The van der Waals surface area contributed by atoms with Crippen LogP contribution in [0.25, 0.3) is 0 Å². The minimum absolute atomic E-state index is 0.195. The fraction of sp³-hybridized carbons (Fsp3) is 0.263. The molecule has 2 N–H and O–H groups in total. The summed E-state index contributed by atoms with van der Waals surface area (Å²) in [6.07, 6.45) is 1.01. The summed E-state index contributed by atoms with van der Waals surface area (Å²) >= 11 is 0. The van der Waals surface area contributed by atoms with Gasteiger partial charge in [-0.05, 0) is 30.7 Å². The molecule has 0 saturated carbocycles. The molecule has 0 aliphatic carbocycles. The Kier molecular flexibility index (Phi) is 7.05. The molecule has 0 bridgehead atoms. The lowest BCUT2D eigenvalue weighted by molar-refractivity contribution is -0.120. The van der Waals surface area contributed by atoms with Gasteiger partial charge in [0.05, 0.1) is 26.2 Å². The topological polar surface area (TPSA) is 114 Å². The van der Waals surface area contributed by atoms with Crippen molar-refractivity contribution in [2.45, 2.75) is 6.92 Å². The normalized spacial score (nSPS) is 10.8. The summed E-state index contributed by atoms with van der Waals surface area (Å²) in [6, 6.07) is 11.3. The molecular weight excluding hydrogens is 398 g/mol. The Morgan fingerprint density at radius 2 is 1.59 bits per heavy atom. The first-order valence-corrected chi connectivity index (χ1v) is 10.4. The number of ether oxygens (including phenoxy) is 2. The van der Waals surface area contributed by atoms with Crippen molar-refractivity contribution in [1.82, 2.24) is 10.9 Å². The third kappa shape index (κ3) is 5.85. The molecule has 2 aromatic carbocycles. The van der Waals surface area contributed by atoms with Gasteiger partial charge in [-0.2, -0.15) is 0 Å². The highest BCUT2D eigenvalue weighted by Gasteiger charge is 2.22. The maximum absolute atomic E-state index is 12.3. The van der Waals surface area contributed by atoms with Crippen molar-refractivity contribution in [3.63, 3.8) is 0 Å². The summed E-state index contributed by atoms with van der Waals surface area (Å²) in [5.74, 6) is -0.508. The summed E-state index contributed by atoms with van der Waals surface area (Å²) in [5, 5.41) is 0. The number of nitrogens with zero attached hydrogens (tertiary/aromatic N) is 1. The second-order valence-corrected chi connectivity index (χ2v) is 8.07. The molecular formula is C19H23N3O6S. The van der Waals surface area contributed by atoms with E-state index in [9.17, 15) is 18.0 Å². The van der Waals surface area contributed by atoms with Crippen LogP contribution in [0.1, 0.15) is 15.9 Å². The summed E-state index contributed by atoms with van der Waals surface area (Å²) < 4.78 is 35.5. The number of methoxy groups -OCH3 is 2. The molecule has 0 spiro atoms. The van der Waals surface area contributed by atoms with Gasteiger partial charge in [-0.3, -0.25) is 24.7 Å². The Morgan fingerprint density at radius 3 is 2.10 bits per heavy atom. The Bertz CT molecular complexity index is 985. The van der Waals surface area contributed by atoms with Crippen LogP contribution in [0.3, 0.4) is 0 Å². The lowest BCUT2D eigenvalue weighted by Gasteiger charge is -2.23. The molecule has 0 unspecified atom stereocenters. The van der Waals surface area contributed by atoms with Gasteiger partial charge in [0.15, 0.2) is 0 Å². The van der Waals surface area contributed by atoms with E-state index < -0.39 is 28.4 Å². The first-order valence-electron chi connectivity index (χ1n) is 8.51. The number of carbonyl (C=O) groups is 2. The van der Waals surface area contributed by atoms with Crippen molar-refractivity contribution in [2.75, 3.05) is 31.3 Å². The fourth-order valence-electron chi connectivity index (χ4n) is 2.53. The highest BCUT2D eigenvalue weighted by Crippen LogP contribution is 2.23. The van der Waals surface area contributed by atoms with Gasteiger partial charge in [0.25, 0.3) is 11.8 Å². The molecule has 156 valence electrons. The number of benzene rings is 2. The summed E-state index contributed by atoms with van der Waals surface area (Å²) in [7, 11) is -0.822. The molecule has 2 rings (SSSR count). The van der Waals surface area contributed by atoms with E-state index in [2.05, 4.69) is 10.9 Å². The molecule has 0 aliphatic rings. The highest BCUT2D eigenvalue weighted by molar-refractivity contribution is 7.92. The van der Waals surface area contributed by atoms with Crippen LogP contribution in [-0.4, -0.2) is 47.3 Å². The molecule has 0 fully saturated rings. The Labute approximate surface area is 169 Å². The fourth-order valence-corrected chi connectivity index (χ4v) is 3.45. The number of aryl methyl sites for hydroxylation is 1. The van der Waals surface area contributed by atoms with Gasteiger partial charge in [0.1, 0.15) is 18.0 Å². The predicted molar refractivity (Wildman–Crippen MR) is 109 cm³/mol. The van der Waals surface area contributed by atoms with Gasteiger partial charge >= 0.3 is 0 Å². The minimum Gasteiger partial charge on any atom is -0.497 e. The number of hydrogen-bond acceptors (Lipinski definition) is 6. The predicted octanol–water partition coefficient (Wildman–Crippen LogP) is 1.24. The molecule has 0 heterocycles. The molecule has 2 amide bonds.